The molecule has 1 fully saturated rings. The molecule has 0 heterocycles. The Labute approximate surface area is 176 Å². The van der Waals surface area contributed by atoms with Crippen molar-refractivity contribution < 1.29 is 14.3 Å². The molecule has 0 saturated heterocycles. The monoisotopic (exact) mass is 410 g/mol. The zero-order chi connectivity index (χ0) is 20.8. The molecular weight excluding hydrogens is 384 g/mol. The molecule has 0 bridgehead atoms. The summed E-state index contributed by atoms with van der Waals surface area (Å²) >= 11 is 5.23. The highest BCUT2D eigenvalue weighted by Crippen LogP contribution is 2.22. The first kappa shape index (κ1) is 21.0. The van der Waals surface area contributed by atoms with Crippen LogP contribution >= 0.6 is 12.2 Å². The lowest BCUT2D eigenvalue weighted by Crippen LogP contribution is -2.34. The molecule has 152 valence electrons. The highest BCUT2D eigenvalue weighted by Gasteiger charge is 2.18. The molecule has 0 radical (unpaired) electrons. The van der Waals surface area contributed by atoms with Crippen LogP contribution in [0.5, 0.6) is 0 Å². The van der Waals surface area contributed by atoms with Gasteiger partial charge in [0.05, 0.1) is 5.56 Å². The van der Waals surface area contributed by atoms with Gasteiger partial charge in [0.15, 0.2) is 5.11 Å². The summed E-state index contributed by atoms with van der Waals surface area (Å²) in [6.45, 7) is 3.96. The molecule has 5 nitrogen and oxygen atoms in total. The number of carbonyl (C=O) groups excluding carboxylic acids is 2. The van der Waals surface area contributed by atoms with Crippen molar-refractivity contribution in [2.24, 2.45) is 0 Å². The standard InChI is InChI=1S/C23H26N2O3S/c1-15-8-9-18(14-16(15)2)21(26)25-23(29)24-19-12-10-17(11-13-19)22(27)28-20-6-4-3-5-7-20/h8-14,20H,3-7H2,1-2H3,(H2,24,25,26,29). The number of hydrogen-bond acceptors (Lipinski definition) is 4. The summed E-state index contributed by atoms with van der Waals surface area (Å²) in [6.07, 6.45) is 5.37. The van der Waals surface area contributed by atoms with E-state index in [4.69, 9.17) is 17.0 Å². The molecule has 2 aromatic carbocycles. The molecule has 6 heteroatoms. The van der Waals surface area contributed by atoms with Crippen LogP contribution in [0.25, 0.3) is 0 Å². The highest BCUT2D eigenvalue weighted by molar-refractivity contribution is 7.80. The van der Waals surface area contributed by atoms with E-state index in [0.29, 0.717) is 16.8 Å². The number of ether oxygens (including phenoxy) is 1. The molecular formula is C23H26N2O3S. The molecule has 0 spiro atoms. The first-order chi connectivity index (χ1) is 13.9. The third kappa shape index (κ3) is 5.87. The topological polar surface area (TPSA) is 67.4 Å². The number of aryl methyl sites for hydroxylation is 2. The van der Waals surface area contributed by atoms with E-state index in [0.717, 1.165) is 36.8 Å². The minimum absolute atomic E-state index is 0.0299. The lowest BCUT2D eigenvalue weighted by atomic mass is 9.98. The van der Waals surface area contributed by atoms with Crippen LogP contribution in [0.4, 0.5) is 5.69 Å². The van der Waals surface area contributed by atoms with Crippen molar-refractivity contribution in [3.63, 3.8) is 0 Å². The second-order valence-corrected chi connectivity index (χ2v) is 7.86. The number of anilines is 1. The average molecular weight is 411 g/mol. The first-order valence-electron chi connectivity index (χ1n) is 9.93. The molecule has 0 unspecified atom stereocenters. The normalized spacial score (nSPS) is 14.1. The summed E-state index contributed by atoms with van der Waals surface area (Å²) in [4.78, 5) is 24.6. The molecule has 2 aromatic rings. The Morgan fingerprint density at radius 3 is 2.24 bits per heavy atom. The minimum atomic E-state index is -0.297. The molecule has 0 atom stereocenters. The number of carbonyl (C=O) groups is 2. The van der Waals surface area contributed by atoms with Gasteiger partial charge in [-0.1, -0.05) is 12.5 Å². The van der Waals surface area contributed by atoms with E-state index in [1.54, 1.807) is 30.3 Å². The van der Waals surface area contributed by atoms with Gasteiger partial charge in [-0.05, 0) is 99.3 Å². The third-order valence-electron chi connectivity index (χ3n) is 5.20. The highest BCUT2D eigenvalue weighted by atomic mass is 32.1. The summed E-state index contributed by atoms with van der Waals surface area (Å²) < 4.78 is 5.58. The van der Waals surface area contributed by atoms with Gasteiger partial charge in [-0.2, -0.15) is 0 Å². The SMILES string of the molecule is Cc1ccc(C(=O)NC(=S)Nc2ccc(C(=O)OC3CCCCC3)cc2)cc1C. The van der Waals surface area contributed by atoms with Crippen LogP contribution in [-0.4, -0.2) is 23.1 Å². The lowest BCUT2D eigenvalue weighted by Gasteiger charge is -2.21. The maximum Gasteiger partial charge on any atom is 0.338 e. The number of nitrogens with one attached hydrogen (secondary N) is 2. The van der Waals surface area contributed by atoms with Crippen molar-refractivity contribution in [1.29, 1.82) is 0 Å². The Morgan fingerprint density at radius 1 is 0.931 bits per heavy atom. The van der Waals surface area contributed by atoms with Gasteiger partial charge in [0.1, 0.15) is 6.10 Å². The summed E-state index contributed by atoms with van der Waals surface area (Å²) in [5.41, 5.74) is 3.92. The van der Waals surface area contributed by atoms with E-state index in [-0.39, 0.29) is 23.1 Å². The number of rotatable bonds is 4. The van der Waals surface area contributed by atoms with Crippen LogP contribution in [-0.2, 0) is 4.74 Å². The molecule has 1 saturated carbocycles. The summed E-state index contributed by atoms with van der Waals surface area (Å²) in [5.74, 6) is -0.563. The van der Waals surface area contributed by atoms with Gasteiger partial charge in [-0.15, -0.1) is 0 Å². The Morgan fingerprint density at radius 2 is 1.59 bits per heavy atom. The maximum atomic E-state index is 12.3. The molecule has 3 rings (SSSR count). The summed E-state index contributed by atoms with van der Waals surface area (Å²) in [7, 11) is 0. The van der Waals surface area contributed by atoms with Gasteiger partial charge in [0.2, 0.25) is 0 Å². The van der Waals surface area contributed by atoms with E-state index in [1.165, 1.54) is 6.42 Å². The molecule has 0 aliphatic heterocycles. The third-order valence-corrected chi connectivity index (χ3v) is 5.40. The molecule has 1 aliphatic carbocycles. The number of hydrogen-bond donors (Lipinski definition) is 2. The zero-order valence-corrected chi connectivity index (χ0v) is 17.6. The number of benzene rings is 2. The van der Waals surface area contributed by atoms with Crippen LogP contribution < -0.4 is 10.6 Å². The van der Waals surface area contributed by atoms with Gasteiger partial charge < -0.3 is 10.1 Å². The van der Waals surface area contributed by atoms with E-state index in [9.17, 15) is 9.59 Å². The fourth-order valence-electron chi connectivity index (χ4n) is 3.31. The Hall–Kier alpha value is -2.73. The van der Waals surface area contributed by atoms with Crippen molar-refractivity contribution in [2.75, 3.05) is 5.32 Å². The minimum Gasteiger partial charge on any atom is -0.459 e. The van der Waals surface area contributed by atoms with Crippen LogP contribution in [0, 0.1) is 13.8 Å². The van der Waals surface area contributed by atoms with E-state index in [2.05, 4.69) is 10.6 Å². The summed E-state index contributed by atoms with van der Waals surface area (Å²) in [6, 6.07) is 12.4. The number of amides is 1. The van der Waals surface area contributed by atoms with Crippen LogP contribution in [0.3, 0.4) is 0 Å². The van der Waals surface area contributed by atoms with Gasteiger partial charge in [0.25, 0.3) is 5.91 Å². The van der Waals surface area contributed by atoms with E-state index in [1.807, 2.05) is 26.0 Å². The largest absolute Gasteiger partial charge is 0.459 e. The predicted octanol–water partition coefficient (Wildman–Crippen LogP) is 4.92. The molecule has 1 aliphatic rings. The van der Waals surface area contributed by atoms with Crippen LogP contribution in [0.15, 0.2) is 42.5 Å². The Balaban J connectivity index is 1.53. The van der Waals surface area contributed by atoms with Crippen molar-refractivity contribution in [3.05, 3.63) is 64.7 Å². The molecule has 0 aromatic heterocycles. The van der Waals surface area contributed by atoms with Crippen molar-refractivity contribution in [1.82, 2.24) is 5.32 Å². The average Bonchev–Trinajstić information content (AvgIpc) is 2.71. The zero-order valence-electron chi connectivity index (χ0n) is 16.8. The lowest BCUT2D eigenvalue weighted by molar-refractivity contribution is 0.0211. The van der Waals surface area contributed by atoms with Crippen LogP contribution in [0.1, 0.15) is 63.9 Å². The van der Waals surface area contributed by atoms with E-state index < -0.39 is 0 Å². The van der Waals surface area contributed by atoms with E-state index >= 15 is 0 Å². The fraction of sp³-hybridized carbons (Fsp3) is 0.348. The second-order valence-electron chi connectivity index (χ2n) is 7.45. The van der Waals surface area contributed by atoms with Gasteiger partial charge in [-0.3, -0.25) is 10.1 Å². The van der Waals surface area contributed by atoms with Crippen molar-refractivity contribution >= 4 is 34.9 Å². The van der Waals surface area contributed by atoms with Crippen molar-refractivity contribution in [2.45, 2.75) is 52.1 Å². The Kier molecular flexibility index (Phi) is 6.99. The molecule has 29 heavy (non-hydrogen) atoms. The smallest absolute Gasteiger partial charge is 0.338 e. The van der Waals surface area contributed by atoms with Gasteiger partial charge in [-0.25, -0.2) is 4.79 Å². The fourth-order valence-corrected chi connectivity index (χ4v) is 3.52. The second kappa shape index (κ2) is 9.65. The quantitative estimate of drug-likeness (QED) is 0.553. The molecule has 2 N–H and O–H groups in total. The number of esters is 1. The van der Waals surface area contributed by atoms with Crippen LogP contribution in [0.2, 0.25) is 0 Å². The Bertz CT molecular complexity index is 903. The first-order valence-corrected chi connectivity index (χ1v) is 10.3. The summed E-state index contributed by atoms with van der Waals surface area (Å²) in [5, 5.41) is 5.84. The predicted molar refractivity (Wildman–Crippen MR) is 118 cm³/mol. The van der Waals surface area contributed by atoms with Gasteiger partial charge >= 0.3 is 5.97 Å². The maximum absolute atomic E-state index is 12.3. The number of thiocarbonyl (C=S) groups is 1. The molecule has 1 amide bonds. The van der Waals surface area contributed by atoms with Gasteiger partial charge in [0, 0.05) is 11.3 Å². The van der Waals surface area contributed by atoms with Crippen molar-refractivity contribution in [3.8, 4) is 0 Å².